The van der Waals surface area contributed by atoms with Gasteiger partial charge in [0.25, 0.3) is 0 Å². The Kier molecular flexibility index (Phi) is 3.80. The van der Waals surface area contributed by atoms with E-state index in [9.17, 15) is 9.65 Å². The molecule has 0 fully saturated rings. The third kappa shape index (κ3) is 2.43. The smallest absolute Gasteiger partial charge is 0.123 e. The van der Waals surface area contributed by atoms with Gasteiger partial charge in [0.2, 0.25) is 0 Å². The molecule has 2 N–H and O–H groups in total. The average molecular weight is 311 g/mol. The quantitative estimate of drug-likeness (QED) is 0.736. The summed E-state index contributed by atoms with van der Waals surface area (Å²) in [7, 11) is -0.465. The highest BCUT2D eigenvalue weighted by Gasteiger charge is 2.16. The molecule has 3 nitrogen and oxygen atoms in total. The summed E-state index contributed by atoms with van der Waals surface area (Å²) in [6, 6.07) is 16.2. The van der Waals surface area contributed by atoms with Crippen LogP contribution in [0.3, 0.4) is 0 Å². The second-order valence-corrected chi connectivity index (χ2v) is 6.38. The van der Waals surface area contributed by atoms with Crippen LogP contribution in [0.25, 0.3) is 16.6 Å². The van der Waals surface area contributed by atoms with Gasteiger partial charge in [0.15, 0.2) is 0 Å². The molecule has 5 heteroatoms. The van der Waals surface area contributed by atoms with Crippen LogP contribution in [0.5, 0.6) is 0 Å². The predicted octanol–water partition coefficient (Wildman–Crippen LogP) is 3.56. The number of nitriles is 1. The van der Waals surface area contributed by atoms with Crippen molar-refractivity contribution in [2.24, 2.45) is 5.14 Å². The highest BCUT2D eigenvalue weighted by Crippen LogP contribution is 2.29. The Bertz CT molecular complexity index is 913. The number of nitrogens with two attached hydrogens (primary N) is 1. The summed E-state index contributed by atoms with van der Waals surface area (Å²) < 4.78 is 15.2. The van der Waals surface area contributed by atoms with Gasteiger partial charge in [-0.25, -0.2) is 4.39 Å². The monoisotopic (exact) mass is 311 g/mol. The van der Waals surface area contributed by atoms with Crippen molar-refractivity contribution in [3.05, 3.63) is 65.6 Å². The molecular formula is C17H14FN3S. The highest BCUT2D eigenvalue weighted by atomic mass is 32.2. The van der Waals surface area contributed by atoms with E-state index in [0.29, 0.717) is 5.56 Å². The molecule has 1 heterocycles. The van der Waals surface area contributed by atoms with Crippen molar-refractivity contribution >= 4 is 26.9 Å². The third-order valence-electron chi connectivity index (χ3n) is 3.41. The second kappa shape index (κ2) is 5.76. The first-order valence-electron chi connectivity index (χ1n) is 6.65. The molecule has 0 amide bonds. The molecule has 22 heavy (non-hydrogen) atoms. The second-order valence-electron chi connectivity index (χ2n) is 4.93. The zero-order valence-corrected chi connectivity index (χ0v) is 12.8. The van der Waals surface area contributed by atoms with Crippen molar-refractivity contribution in [3.63, 3.8) is 0 Å². The molecule has 1 atom stereocenters. The fraction of sp³-hybridized carbons (Fsp3) is 0.0588. The van der Waals surface area contributed by atoms with Crippen LogP contribution in [-0.4, -0.2) is 16.2 Å². The lowest BCUT2D eigenvalue weighted by molar-refractivity contribution is 0.627. The van der Waals surface area contributed by atoms with Gasteiger partial charge < -0.3 is 4.57 Å². The maximum atomic E-state index is 13.2. The Balaban J connectivity index is 2.44. The molecule has 0 aliphatic heterocycles. The third-order valence-corrected chi connectivity index (χ3v) is 4.00. The molecule has 2 aromatic carbocycles. The largest absolute Gasteiger partial charge is 0.308 e. The Morgan fingerprint density at radius 2 is 1.86 bits per heavy atom. The van der Waals surface area contributed by atoms with Crippen LogP contribution in [0, 0.1) is 17.1 Å². The number of nitrogens with zero attached hydrogens (tertiary/aromatic N) is 2. The summed E-state index contributed by atoms with van der Waals surface area (Å²) in [6.07, 6.45) is 1.88. The maximum absolute atomic E-state index is 13.2. The number of rotatable bonds is 2. The minimum atomic E-state index is -0.465. The van der Waals surface area contributed by atoms with Gasteiger partial charge in [0.1, 0.15) is 11.9 Å². The summed E-state index contributed by atoms with van der Waals surface area (Å²) in [4.78, 5) is 0. The van der Waals surface area contributed by atoms with E-state index < -0.39 is 10.7 Å². The van der Waals surface area contributed by atoms with Crippen molar-refractivity contribution in [2.45, 2.75) is 0 Å². The van der Waals surface area contributed by atoms with Crippen LogP contribution < -0.4 is 5.14 Å². The van der Waals surface area contributed by atoms with Crippen LogP contribution >= 0.6 is 10.7 Å². The lowest BCUT2D eigenvalue weighted by Crippen LogP contribution is -2.02. The van der Waals surface area contributed by atoms with Gasteiger partial charge in [-0.2, -0.15) is 5.26 Å². The molecule has 0 saturated carbocycles. The normalized spacial score (nSPS) is 12.5. The summed E-state index contributed by atoms with van der Waals surface area (Å²) in [6.45, 7) is 0. The van der Waals surface area contributed by atoms with Gasteiger partial charge in [-0.05, 0) is 36.6 Å². The number of hydrogen-bond acceptors (Lipinski definition) is 2. The van der Waals surface area contributed by atoms with Crippen LogP contribution in [0.1, 0.15) is 11.3 Å². The van der Waals surface area contributed by atoms with E-state index in [1.54, 1.807) is 12.1 Å². The summed E-state index contributed by atoms with van der Waals surface area (Å²) in [5, 5.41) is 18.2. The van der Waals surface area contributed by atoms with E-state index in [1.165, 1.54) is 12.1 Å². The van der Waals surface area contributed by atoms with Gasteiger partial charge in [0, 0.05) is 16.4 Å². The van der Waals surface area contributed by atoms with Crippen molar-refractivity contribution in [1.29, 1.82) is 5.26 Å². The van der Waals surface area contributed by atoms with Crippen LogP contribution in [0.15, 0.2) is 48.5 Å². The molecule has 0 aliphatic rings. The van der Waals surface area contributed by atoms with Crippen molar-refractivity contribution in [1.82, 2.24) is 4.57 Å². The van der Waals surface area contributed by atoms with Crippen molar-refractivity contribution < 1.29 is 4.39 Å². The molecule has 0 spiro atoms. The topological polar surface area (TPSA) is 54.7 Å². The standard InChI is InChI=1S/C17H14FN3S/c1-22(20)11-17-15(10-19)14-4-2-3-5-16(14)21(17)13-8-6-12(18)7-9-13/h2-9,11H,20H2,1H3. The molecule has 3 aromatic rings. The van der Waals surface area contributed by atoms with Crippen molar-refractivity contribution in [3.8, 4) is 11.8 Å². The van der Waals surface area contributed by atoms with Crippen LogP contribution in [0.2, 0.25) is 0 Å². The first-order valence-corrected chi connectivity index (χ1v) is 8.41. The molecule has 3 rings (SSSR count). The van der Waals surface area contributed by atoms with E-state index in [2.05, 4.69) is 6.07 Å². The lowest BCUT2D eigenvalue weighted by Gasteiger charge is -2.09. The minimum Gasteiger partial charge on any atom is -0.308 e. The van der Waals surface area contributed by atoms with E-state index in [0.717, 1.165) is 22.3 Å². The summed E-state index contributed by atoms with van der Waals surface area (Å²) in [5.74, 6) is -0.291. The Labute approximate surface area is 130 Å². The number of hydrogen-bond donors (Lipinski definition) is 1. The Morgan fingerprint density at radius 1 is 1.18 bits per heavy atom. The van der Waals surface area contributed by atoms with Gasteiger partial charge in [-0.1, -0.05) is 18.2 Å². The number of benzene rings is 2. The molecule has 110 valence electrons. The molecule has 0 aliphatic carbocycles. The molecular weight excluding hydrogens is 297 g/mol. The first kappa shape index (κ1) is 14.5. The van der Waals surface area contributed by atoms with Gasteiger partial charge >= 0.3 is 0 Å². The van der Waals surface area contributed by atoms with E-state index >= 15 is 0 Å². The molecule has 0 saturated heterocycles. The zero-order valence-electron chi connectivity index (χ0n) is 12.0. The number of halogens is 1. The van der Waals surface area contributed by atoms with E-state index in [1.807, 2.05) is 40.5 Å². The zero-order chi connectivity index (χ0) is 15.7. The summed E-state index contributed by atoms with van der Waals surface area (Å²) in [5.41, 5.74) is 3.05. The highest BCUT2D eigenvalue weighted by molar-refractivity contribution is 8.12. The summed E-state index contributed by atoms with van der Waals surface area (Å²) >= 11 is 0. The molecule has 0 bridgehead atoms. The predicted molar refractivity (Wildman–Crippen MR) is 90.8 cm³/mol. The average Bonchev–Trinajstić information content (AvgIpc) is 2.80. The van der Waals surface area contributed by atoms with E-state index in [-0.39, 0.29) is 5.82 Å². The number of para-hydroxylation sites is 1. The van der Waals surface area contributed by atoms with Crippen LogP contribution in [0.4, 0.5) is 4.39 Å². The van der Waals surface area contributed by atoms with Crippen LogP contribution in [-0.2, 0) is 0 Å². The maximum Gasteiger partial charge on any atom is 0.123 e. The minimum absolute atomic E-state index is 0.291. The number of fused-ring (bicyclic) bond motifs is 1. The fourth-order valence-electron chi connectivity index (χ4n) is 2.53. The fourth-order valence-corrected chi connectivity index (χ4v) is 3.11. The van der Waals surface area contributed by atoms with Gasteiger partial charge in [0.05, 0.1) is 16.8 Å². The van der Waals surface area contributed by atoms with Gasteiger partial charge in [-0.15, -0.1) is 10.7 Å². The van der Waals surface area contributed by atoms with Crippen molar-refractivity contribution in [2.75, 3.05) is 6.26 Å². The Morgan fingerprint density at radius 3 is 2.50 bits per heavy atom. The van der Waals surface area contributed by atoms with E-state index in [4.69, 9.17) is 5.14 Å². The number of aromatic nitrogens is 1. The lowest BCUT2D eigenvalue weighted by atomic mass is 10.1. The molecule has 1 aromatic heterocycles. The molecule has 0 radical (unpaired) electrons. The first-order chi connectivity index (χ1) is 10.6. The van der Waals surface area contributed by atoms with Gasteiger partial charge in [-0.3, -0.25) is 5.14 Å². The SMILES string of the molecule is C/S(N)=C\c1c(C#N)c2ccccc2n1-c1ccc(F)cc1. The Hall–Kier alpha value is -2.42. The molecule has 1 unspecified atom stereocenters.